The van der Waals surface area contributed by atoms with Crippen LogP contribution in [0, 0.1) is 12.8 Å². The third-order valence-corrected chi connectivity index (χ3v) is 4.21. The largest absolute Gasteiger partial charge is 0.477 e. The highest BCUT2D eigenvalue weighted by atomic mass is 16.4. The summed E-state index contributed by atoms with van der Waals surface area (Å²) < 4.78 is 1.77. The van der Waals surface area contributed by atoms with Gasteiger partial charge >= 0.3 is 5.97 Å². The Morgan fingerprint density at radius 3 is 2.68 bits per heavy atom. The molecule has 1 aromatic heterocycles. The summed E-state index contributed by atoms with van der Waals surface area (Å²) in [6.07, 6.45) is 2.27. The Bertz CT molecular complexity index is 679. The van der Waals surface area contributed by atoms with E-state index < -0.39 is 5.97 Å². The maximum atomic E-state index is 11.7. The van der Waals surface area contributed by atoms with Crippen molar-refractivity contribution in [2.24, 2.45) is 5.92 Å². The molecule has 1 unspecified atom stereocenters. The molecular weight excluding hydrogens is 278 g/mol. The van der Waals surface area contributed by atoms with Gasteiger partial charge in [-0.25, -0.2) is 9.48 Å². The van der Waals surface area contributed by atoms with E-state index in [-0.39, 0.29) is 0 Å². The van der Waals surface area contributed by atoms with Gasteiger partial charge in [-0.2, -0.15) is 5.10 Å². The summed E-state index contributed by atoms with van der Waals surface area (Å²) in [4.78, 5) is 13.9. The van der Waals surface area contributed by atoms with Crippen molar-refractivity contribution in [3.63, 3.8) is 0 Å². The smallest absolute Gasteiger partial charge is 0.341 e. The summed E-state index contributed by atoms with van der Waals surface area (Å²) in [5.74, 6) is 0.366. The first kappa shape index (κ1) is 14.6. The lowest BCUT2D eigenvalue weighted by Crippen LogP contribution is -2.36. The Morgan fingerprint density at radius 2 is 2.05 bits per heavy atom. The number of carbonyl (C=O) groups is 1. The van der Waals surface area contributed by atoms with Crippen molar-refractivity contribution in [3.05, 3.63) is 41.6 Å². The molecule has 1 saturated heterocycles. The molecule has 0 bridgehead atoms. The molecule has 0 amide bonds. The first-order chi connectivity index (χ1) is 10.6. The van der Waals surface area contributed by atoms with Gasteiger partial charge in [0.05, 0.1) is 11.4 Å². The number of rotatable bonds is 3. The predicted octanol–water partition coefficient (Wildman–Crippen LogP) is 3.12. The van der Waals surface area contributed by atoms with E-state index in [1.807, 2.05) is 30.3 Å². The Hall–Kier alpha value is -2.30. The van der Waals surface area contributed by atoms with E-state index in [1.54, 1.807) is 11.6 Å². The molecule has 0 spiro atoms. The number of benzene rings is 1. The lowest BCUT2D eigenvalue weighted by atomic mass is 10.00. The molecule has 0 saturated carbocycles. The van der Waals surface area contributed by atoms with Crippen LogP contribution in [0.5, 0.6) is 0 Å². The van der Waals surface area contributed by atoms with Crippen LogP contribution < -0.4 is 4.90 Å². The molecule has 3 rings (SSSR count). The van der Waals surface area contributed by atoms with Gasteiger partial charge in [0, 0.05) is 13.1 Å². The Balaban J connectivity index is 2.14. The maximum absolute atomic E-state index is 11.7. The number of carboxylic acid groups (broad SMARTS) is 1. The van der Waals surface area contributed by atoms with Gasteiger partial charge in [0.25, 0.3) is 0 Å². The quantitative estimate of drug-likeness (QED) is 0.946. The highest BCUT2D eigenvalue weighted by Crippen LogP contribution is 2.30. The third-order valence-electron chi connectivity index (χ3n) is 4.21. The standard InChI is InChI=1S/C17H21N3O2/c1-12-7-6-10-19(11-12)16-15(17(21)22)13(2)18-20(16)14-8-4-3-5-9-14/h3-5,8-9,12H,6-7,10-11H2,1-2H3,(H,21,22). The second-order valence-electron chi connectivity index (χ2n) is 6.03. The van der Waals surface area contributed by atoms with E-state index in [9.17, 15) is 9.90 Å². The summed E-state index contributed by atoms with van der Waals surface area (Å²) >= 11 is 0. The summed E-state index contributed by atoms with van der Waals surface area (Å²) in [6.45, 7) is 5.73. The van der Waals surface area contributed by atoms with Crippen molar-refractivity contribution < 1.29 is 9.90 Å². The zero-order valence-corrected chi connectivity index (χ0v) is 13.0. The Labute approximate surface area is 130 Å². The highest BCUT2D eigenvalue weighted by molar-refractivity contribution is 5.95. The average Bonchev–Trinajstić information content (AvgIpc) is 2.86. The minimum Gasteiger partial charge on any atom is -0.477 e. The zero-order valence-electron chi connectivity index (χ0n) is 13.0. The molecule has 2 heterocycles. The van der Waals surface area contributed by atoms with Gasteiger partial charge in [-0.05, 0) is 37.8 Å². The summed E-state index contributed by atoms with van der Waals surface area (Å²) in [5, 5.41) is 14.1. The Kier molecular flexibility index (Phi) is 3.88. The fourth-order valence-electron chi connectivity index (χ4n) is 3.19. The number of hydrogen-bond acceptors (Lipinski definition) is 3. The van der Waals surface area contributed by atoms with Gasteiger partial charge in [0.2, 0.25) is 0 Å². The number of piperidine rings is 1. The van der Waals surface area contributed by atoms with E-state index in [0.717, 1.165) is 25.2 Å². The molecule has 2 aromatic rings. The number of anilines is 1. The van der Waals surface area contributed by atoms with Gasteiger partial charge in [-0.15, -0.1) is 0 Å². The lowest BCUT2D eigenvalue weighted by Gasteiger charge is -2.33. The van der Waals surface area contributed by atoms with Crippen molar-refractivity contribution in [1.82, 2.24) is 9.78 Å². The summed E-state index contributed by atoms with van der Waals surface area (Å²) in [6, 6.07) is 9.73. The molecule has 1 aliphatic heterocycles. The normalized spacial score (nSPS) is 18.5. The minimum atomic E-state index is -0.909. The van der Waals surface area contributed by atoms with Crippen molar-refractivity contribution >= 4 is 11.8 Å². The molecule has 0 aliphatic carbocycles. The van der Waals surface area contributed by atoms with Crippen LogP contribution in [0.3, 0.4) is 0 Å². The van der Waals surface area contributed by atoms with E-state index in [1.165, 1.54) is 6.42 Å². The molecule has 5 nitrogen and oxygen atoms in total. The van der Waals surface area contributed by atoms with E-state index in [4.69, 9.17) is 0 Å². The molecule has 0 radical (unpaired) electrons. The average molecular weight is 299 g/mol. The zero-order chi connectivity index (χ0) is 15.7. The Morgan fingerprint density at radius 1 is 1.32 bits per heavy atom. The predicted molar refractivity (Wildman–Crippen MR) is 85.9 cm³/mol. The molecule has 1 atom stereocenters. The molecule has 1 N–H and O–H groups in total. The van der Waals surface area contributed by atoms with E-state index >= 15 is 0 Å². The number of hydrogen-bond donors (Lipinski definition) is 1. The fourth-order valence-corrected chi connectivity index (χ4v) is 3.19. The first-order valence-electron chi connectivity index (χ1n) is 7.71. The van der Waals surface area contributed by atoms with Crippen LogP contribution in [0.1, 0.15) is 35.8 Å². The molecule has 5 heteroatoms. The molecule has 116 valence electrons. The van der Waals surface area contributed by atoms with E-state index in [2.05, 4.69) is 16.9 Å². The number of aryl methyl sites for hydroxylation is 1. The molecular formula is C17H21N3O2. The van der Waals surface area contributed by atoms with Crippen LogP contribution in [-0.4, -0.2) is 33.9 Å². The number of aromatic carboxylic acids is 1. The van der Waals surface area contributed by atoms with Gasteiger partial charge in [-0.1, -0.05) is 25.1 Å². The number of nitrogens with zero attached hydrogens (tertiary/aromatic N) is 3. The third kappa shape index (κ3) is 2.58. The van der Waals surface area contributed by atoms with Crippen molar-refractivity contribution in [3.8, 4) is 5.69 Å². The SMILES string of the molecule is Cc1nn(-c2ccccc2)c(N2CCCC(C)C2)c1C(=O)O. The van der Waals surface area contributed by atoms with Crippen molar-refractivity contribution in [2.45, 2.75) is 26.7 Å². The van der Waals surface area contributed by atoms with E-state index in [0.29, 0.717) is 23.0 Å². The van der Waals surface area contributed by atoms with Crippen LogP contribution in [-0.2, 0) is 0 Å². The van der Waals surface area contributed by atoms with Crippen molar-refractivity contribution in [1.29, 1.82) is 0 Å². The van der Waals surface area contributed by atoms with Gasteiger partial charge in [-0.3, -0.25) is 0 Å². The van der Waals surface area contributed by atoms with Gasteiger partial charge in [0.15, 0.2) is 0 Å². The second-order valence-corrected chi connectivity index (χ2v) is 6.03. The van der Waals surface area contributed by atoms with Crippen LogP contribution in [0.4, 0.5) is 5.82 Å². The fraction of sp³-hybridized carbons (Fsp3) is 0.412. The summed E-state index contributed by atoms with van der Waals surface area (Å²) in [5.41, 5.74) is 1.77. The van der Waals surface area contributed by atoms with Gasteiger partial charge in [0.1, 0.15) is 11.4 Å². The monoisotopic (exact) mass is 299 g/mol. The first-order valence-corrected chi connectivity index (χ1v) is 7.71. The summed E-state index contributed by atoms with van der Waals surface area (Å²) in [7, 11) is 0. The second kappa shape index (κ2) is 5.83. The number of carboxylic acids is 1. The maximum Gasteiger partial charge on any atom is 0.341 e. The van der Waals surface area contributed by atoms with Gasteiger partial charge < -0.3 is 10.0 Å². The molecule has 1 aliphatic rings. The number of aromatic nitrogens is 2. The topological polar surface area (TPSA) is 58.4 Å². The van der Waals surface area contributed by atoms with Crippen LogP contribution in [0.2, 0.25) is 0 Å². The van der Waals surface area contributed by atoms with Crippen LogP contribution in [0.15, 0.2) is 30.3 Å². The lowest BCUT2D eigenvalue weighted by molar-refractivity contribution is 0.0696. The highest BCUT2D eigenvalue weighted by Gasteiger charge is 2.28. The van der Waals surface area contributed by atoms with Crippen molar-refractivity contribution in [2.75, 3.05) is 18.0 Å². The van der Waals surface area contributed by atoms with Crippen LogP contribution in [0.25, 0.3) is 5.69 Å². The minimum absolute atomic E-state index is 0.318. The number of para-hydroxylation sites is 1. The molecule has 1 fully saturated rings. The molecule has 1 aromatic carbocycles. The van der Waals surface area contributed by atoms with Crippen LogP contribution >= 0.6 is 0 Å². The molecule has 22 heavy (non-hydrogen) atoms.